The number of primary amides is 1. The number of hydrogen-bond acceptors (Lipinski definition) is 10. The highest BCUT2D eigenvalue weighted by Gasteiger charge is 2.35. The van der Waals surface area contributed by atoms with Crippen molar-refractivity contribution in [3.05, 3.63) is 0 Å². The number of rotatable bonds is 24. The van der Waals surface area contributed by atoms with Crippen LogP contribution in [0.1, 0.15) is 86.5 Å². The van der Waals surface area contributed by atoms with Gasteiger partial charge in [-0.05, 0) is 50.0 Å². The summed E-state index contributed by atoms with van der Waals surface area (Å²) in [7, 11) is 0. The number of unbranched alkanes of at least 4 members (excludes halogenated alkanes) is 1. The van der Waals surface area contributed by atoms with E-state index in [1.807, 2.05) is 0 Å². The maximum absolute atomic E-state index is 13.5. The Morgan fingerprint density at radius 3 is 1.62 bits per heavy atom. The van der Waals surface area contributed by atoms with Crippen LogP contribution >= 0.6 is 0 Å². The summed E-state index contributed by atoms with van der Waals surface area (Å²) in [5, 5.41) is 32.2. The van der Waals surface area contributed by atoms with E-state index >= 15 is 0 Å². The van der Waals surface area contributed by atoms with Crippen molar-refractivity contribution >= 4 is 41.4 Å². The first-order chi connectivity index (χ1) is 22.4. The van der Waals surface area contributed by atoms with Crippen LogP contribution in [-0.4, -0.2) is 101 Å². The van der Waals surface area contributed by atoms with Gasteiger partial charge in [-0.2, -0.15) is 0 Å². The quantitative estimate of drug-likeness (QED) is 0.0493. The van der Waals surface area contributed by atoms with Gasteiger partial charge in [-0.15, -0.1) is 0 Å². The fourth-order valence-electron chi connectivity index (χ4n) is 4.67. The second-order valence-electron chi connectivity index (χ2n) is 12.6. The van der Waals surface area contributed by atoms with Crippen molar-refractivity contribution in [1.82, 2.24) is 26.6 Å². The average molecular weight is 687 g/mol. The van der Waals surface area contributed by atoms with Crippen LogP contribution in [0.5, 0.6) is 0 Å². The number of nitrogens with two attached hydrogens (primary N) is 3. The molecule has 0 spiro atoms. The van der Waals surface area contributed by atoms with Crippen LogP contribution in [0.15, 0.2) is 0 Å². The number of aliphatic hydroxyl groups excluding tert-OH is 1. The van der Waals surface area contributed by atoms with E-state index in [2.05, 4.69) is 26.6 Å². The molecule has 6 amide bonds. The zero-order chi connectivity index (χ0) is 37.1. The van der Waals surface area contributed by atoms with Gasteiger partial charge in [-0.3, -0.25) is 28.8 Å². The van der Waals surface area contributed by atoms with E-state index in [4.69, 9.17) is 17.2 Å². The summed E-state index contributed by atoms with van der Waals surface area (Å²) in [6.07, 6.45) is 1.65. The molecular weight excluding hydrogens is 628 g/mol. The van der Waals surface area contributed by atoms with E-state index in [0.717, 1.165) is 0 Å². The first kappa shape index (κ1) is 44.2. The topological polar surface area (TPSA) is 298 Å². The molecule has 276 valence electrons. The normalized spacial score (nSPS) is 16.2. The number of amides is 6. The van der Waals surface area contributed by atoms with Crippen LogP contribution in [0.3, 0.4) is 0 Å². The number of hydrogen-bond donors (Lipinski definition) is 10. The SMILES string of the molecule is CC[C@H](C)[C@H](NC(=O)[C@@H](NC(=O)[C@H](CCCCN)NC(=O)[C@H](CO)NC(=O)[C@H](CC(C)C)NC(=O)[C@@H](N)CC(N)=O)[C@@H](C)CC)C(=O)O. The number of carboxylic acids is 1. The molecule has 0 aliphatic rings. The van der Waals surface area contributed by atoms with E-state index in [1.165, 1.54) is 0 Å². The largest absolute Gasteiger partial charge is 0.480 e. The molecule has 48 heavy (non-hydrogen) atoms. The predicted molar refractivity (Wildman–Crippen MR) is 177 cm³/mol. The third-order valence-electron chi connectivity index (χ3n) is 8.06. The lowest BCUT2D eigenvalue weighted by Crippen LogP contribution is -2.61. The van der Waals surface area contributed by atoms with Crippen LogP contribution in [0.25, 0.3) is 0 Å². The third-order valence-corrected chi connectivity index (χ3v) is 8.06. The van der Waals surface area contributed by atoms with E-state index < -0.39 is 96.6 Å². The van der Waals surface area contributed by atoms with Gasteiger partial charge in [0.2, 0.25) is 35.4 Å². The van der Waals surface area contributed by atoms with Crippen LogP contribution in [0.4, 0.5) is 0 Å². The first-order valence-corrected chi connectivity index (χ1v) is 16.5. The predicted octanol–water partition coefficient (Wildman–Crippen LogP) is -2.04. The van der Waals surface area contributed by atoms with Gasteiger partial charge in [-0.1, -0.05) is 54.4 Å². The summed E-state index contributed by atoms with van der Waals surface area (Å²) in [5.74, 6) is -6.86. The zero-order valence-electron chi connectivity index (χ0n) is 29.0. The highest BCUT2D eigenvalue weighted by Crippen LogP contribution is 2.13. The van der Waals surface area contributed by atoms with E-state index in [0.29, 0.717) is 32.2 Å². The number of aliphatic carboxylic acids is 1. The number of carbonyl (C=O) groups is 7. The first-order valence-electron chi connectivity index (χ1n) is 16.5. The van der Waals surface area contributed by atoms with Crippen molar-refractivity contribution < 1.29 is 43.8 Å². The second-order valence-corrected chi connectivity index (χ2v) is 12.6. The summed E-state index contributed by atoms with van der Waals surface area (Å²) in [6.45, 7) is 10.0. The number of carbonyl (C=O) groups excluding carboxylic acids is 6. The van der Waals surface area contributed by atoms with Crippen molar-refractivity contribution in [3.8, 4) is 0 Å². The lowest BCUT2D eigenvalue weighted by molar-refractivity contribution is -0.144. The minimum absolute atomic E-state index is 0.0999. The molecule has 0 aliphatic heterocycles. The Balaban J connectivity index is 6.00. The van der Waals surface area contributed by atoms with Gasteiger partial charge in [0.15, 0.2) is 0 Å². The number of carboxylic acid groups (broad SMARTS) is 1. The van der Waals surface area contributed by atoms with Gasteiger partial charge in [0.25, 0.3) is 0 Å². The van der Waals surface area contributed by atoms with Crippen LogP contribution < -0.4 is 43.8 Å². The standard InChI is InChI=1S/C31H58N8O9/c1-7-17(5)24(30(46)39-25(31(47)48)18(6)8-2)38-27(43)20(11-9-10-12-32)35-29(45)22(15-40)37-28(44)21(13-16(3)4)36-26(42)19(33)14-23(34)41/h16-22,24-25,40H,7-15,32-33H2,1-6H3,(H2,34,41)(H,35,45)(H,36,42)(H,37,44)(H,38,43)(H,39,46)(H,47,48)/t17-,18-,19-,20-,21-,22-,24-,25-/m0/s1. The lowest BCUT2D eigenvalue weighted by Gasteiger charge is -2.29. The molecule has 0 saturated carbocycles. The van der Waals surface area contributed by atoms with Crippen molar-refractivity contribution in [2.45, 2.75) is 123 Å². The molecule has 17 nitrogen and oxygen atoms in total. The maximum Gasteiger partial charge on any atom is 0.326 e. The van der Waals surface area contributed by atoms with Crippen molar-refractivity contribution in [2.75, 3.05) is 13.2 Å². The van der Waals surface area contributed by atoms with E-state index in [1.54, 1.807) is 41.5 Å². The monoisotopic (exact) mass is 686 g/mol. The van der Waals surface area contributed by atoms with Gasteiger partial charge in [0.1, 0.15) is 30.2 Å². The van der Waals surface area contributed by atoms with Gasteiger partial charge in [0.05, 0.1) is 19.1 Å². The fraction of sp³-hybridized carbons (Fsp3) is 0.774. The van der Waals surface area contributed by atoms with Gasteiger partial charge in [0, 0.05) is 0 Å². The maximum atomic E-state index is 13.5. The minimum atomic E-state index is -1.53. The summed E-state index contributed by atoms with van der Waals surface area (Å²) in [6, 6.07) is -7.53. The second kappa shape index (κ2) is 22.7. The molecule has 0 fully saturated rings. The van der Waals surface area contributed by atoms with Crippen molar-refractivity contribution in [2.24, 2.45) is 35.0 Å². The minimum Gasteiger partial charge on any atom is -0.480 e. The molecule has 0 aromatic rings. The molecule has 13 N–H and O–H groups in total. The molecule has 0 aromatic heterocycles. The Labute approximate surface area is 282 Å². The molecular formula is C31H58N8O9. The Bertz CT molecular complexity index is 1090. The van der Waals surface area contributed by atoms with Crippen molar-refractivity contribution in [3.63, 3.8) is 0 Å². The molecule has 17 heteroatoms. The van der Waals surface area contributed by atoms with Crippen LogP contribution in [0.2, 0.25) is 0 Å². The zero-order valence-corrected chi connectivity index (χ0v) is 29.0. The Kier molecular flexibility index (Phi) is 20.9. The van der Waals surface area contributed by atoms with Crippen molar-refractivity contribution in [1.29, 1.82) is 0 Å². The molecule has 0 heterocycles. The number of nitrogens with one attached hydrogen (secondary N) is 5. The molecule has 0 radical (unpaired) electrons. The highest BCUT2D eigenvalue weighted by molar-refractivity contribution is 5.96. The van der Waals surface area contributed by atoms with Gasteiger partial charge < -0.3 is 54.0 Å². The Morgan fingerprint density at radius 2 is 1.15 bits per heavy atom. The third kappa shape index (κ3) is 15.8. The highest BCUT2D eigenvalue weighted by atomic mass is 16.4. The van der Waals surface area contributed by atoms with Gasteiger partial charge >= 0.3 is 5.97 Å². The molecule has 0 aromatic carbocycles. The number of aliphatic hydroxyl groups is 1. The Hall–Kier alpha value is -3.83. The van der Waals surface area contributed by atoms with E-state index in [9.17, 15) is 43.8 Å². The fourth-order valence-corrected chi connectivity index (χ4v) is 4.67. The molecule has 0 bridgehead atoms. The summed E-state index contributed by atoms with van der Waals surface area (Å²) >= 11 is 0. The molecule has 0 rings (SSSR count). The molecule has 0 aliphatic carbocycles. The summed E-state index contributed by atoms with van der Waals surface area (Å²) in [4.78, 5) is 88.8. The average Bonchev–Trinajstić information content (AvgIpc) is 3.02. The lowest BCUT2D eigenvalue weighted by atomic mass is 9.95. The Morgan fingerprint density at radius 1 is 0.667 bits per heavy atom. The van der Waals surface area contributed by atoms with Crippen LogP contribution in [0, 0.1) is 17.8 Å². The van der Waals surface area contributed by atoms with Crippen LogP contribution in [-0.2, 0) is 33.6 Å². The molecule has 0 saturated heterocycles. The molecule has 8 atom stereocenters. The smallest absolute Gasteiger partial charge is 0.326 e. The van der Waals surface area contributed by atoms with Gasteiger partial charge in [-0.25, -0.2) is 4.79 Å². The molecule has 0 unspecified atom stereocenters. The summed E-state index contributed by atoms with van der Waals surface area (Å²) < 4.78 is 0. The van der Waals surface area contributed by atoms with E-state index in [-0.39, 0.29) is 24.7 Å². The summed E-state index contributed by atoms with van der Waals surface area (Å²) in [5.41, 5.74) is 16.4.